The first-order valence-corrected chi connectivity index (χ1v) is 14.3. The van der Waals surface area contributed by atoms with E-state index in [9.17, 15) is 21.6 Å². The van der Waals surface area contributed by atoms with Crippen LogP contribution in [0.1, 0.15) is 11.1 Å². The minimum Gasteiger partial charge on any atom is -0.325 e. The van der Waals surface area contributed by atoms with Crippen LogP contribution in [0.15, 0.2) is 65.6 Å². The number of benzene rings is 3. The second-order valence-corrected chi connectivity index (χ2v) is 12.2. The Hall–Kier alpha value is -2.79. The molecule has 12 heteroatoms. The Morgan fingerprint density at radius 1 is 0.943 bits per heavy atom. The van der Waals surface area contributed by atoms with E-state index >= 15 is 0 Å². The predicted molar refractivity (Wildman–Crippen MR) is 140 cm³/mol. The smallest absolute Gasteiger partial charge is 0.261 e. The molecule has 0 bridgehead atoms. The lowest BCUT2D eigenvalue weighted by Crippen LogP contribution is -2.37. The molecule has 0 spiro atoms. The first kappa shape index (κ1) is 26.8. The fourth-order valence-electron chi connectivity index (χ4n) is 3.16. The normalized spacial score (nSPS) is 11.7. The van der Waals surface area contributed by atoms with Gasteiger partial charge in [-0.15, -0.1) is 0 Å². The molecule has 0 aliphatic rings. The highest BCUT2D eigenvalue weighted by atomic mass is 35.5. The van der Waals surface area contributed by atoms with Gasteiger partial charge in [-0.25, -0.2) is 16.8 Å². The maximum absolute atomic E-state index is 12.8. The third kappa shape index (κ3) is 6.66. The Labute approximate surface area is 215 Å². The highest BCUT2D eigenvalue weighted by Crippen LogP contribution is 2.33. The van der Waals surface area contributed by atoms with E-state index in [2.05, 4.69) is 10.0 Å². The van der Waals surface area contributed by atoms with Crippen LogP contribution in [-0.2, 0) is 24.8 Å². The molecule has 0 aliphatic heterocycles. The van der Waals surface area contributed by atoms with Crippen molar-refractivity contribution in [1.82, 2.24) is 0 Å². The average molecular weight is 556 g/mol. The van der Waals surface area contributed by atoms with Gasteiger partial charge in [-0.2, -0.15) is 0 Å². The van der Waals surface area contributed by atoms with Crippen molar-refractivity contribution >= 4 is 66.2 Å². The molecule has 186 valence electrons. The Balaban J connectivity index is 1.75. The van der Waals surface area contributed by atoms with Crippen LogP contribution in [0.2, 0.25) is 10.0 Å². The van der Waals surface area contributed by atoms with E-state index in [4.69, 9.17) is 23.2 Å². The summed E-state index contributed by atoms with van der Waals surface area (Å²) in [6, 6.07) is 15.4. The lowest BCUT2D eigenvalue weighted by molar-refractivity contribution is -0.114. The number of sulfonamides is 2. The van der Waals surface area contributed by atoms with E-state index in [1.807, 2.05) is 19.1 Å². The van der Waals surface area contributed by atoms with Crippen molar-refractivity contribution in [2.45, 2.75) is 18.7 Å². The van der Waals surface area contributed by atoms with E-state index in [1.165, 1.54) is 42.5 Å². The number of nitrogens with one attached hydrogen (secondary N) is 2. The van der Waals surface area contributed by atoms with Crippen LogP contribution >= 0.6 is 23.2 Å². The molecule has 3 rings (SSSR count). The number of rotatable bonds is 8. The SMILES string of the molecule is Cc1ccc(C)c(NS(=O)(=O)c2ccc(NC(=O)CN(c3cccc(Cl)c3Cl)S(C)(=O)=O)cc2)c1. The van der Waals surface area contributed by atoms with E-state index in [0.29, 0.717) is 5.69 Å². The van der Waals surface area contributed by atoms with Crippen molar-refractivity contribution in [1.29, 1.82) is 0 Å². The lowest BCUT2D eigenvalue weighted by atomic mass is 10.1. The summed E-state index contributed by atoms with van der Waals surface area (Å²) in [7, 11) is -7.72. The van der Waals surface area contributed by atoms with Crippen molar-refractivity contribution in [3.05, 3.63) is 81.8 Å². The van der Waals surface area contributed by atoms with Gasteiger partial charge in [0, 0.05) is 5.69 Å². The molecule has 3 aromatic rings. The quantitative estimate of drug-likeness (QED) is 0.413. The van der Waals surface area contributed by atoms with Crippen LogP contribution in [0, 0.1) is 13.8 Å². The summed E-state index contributed by atoms with van der Waals surface area (Å²) < 4.78 is 53.6. The summed E-state index contributed by atoms with van der Waals surface area (Å²) in [5.74, 6) is -0.657. The average Bonchev–Trinajstić information content (AvgIpc) is 2.76. The van der Waals surface area contributed by atoms with E-state index in [0.717, 1.165) is 21.7 Å². The van der Waals surface area contributed by atoms with Gasteiger partial charge in [-0.3, -0.25) is 13.8 Å². The largest absolute Gasteiger partial charge is 0.325 e. The molecule has 0 fully saturated rings. The summed E-state index contributed by atoms with van der Waals surface area (Å²) in [6.07, 6.45) is 0.945. The zero-order chi connectivity index (χ0) is 26.0. The minimum absolute atomic E-state index is 0.000114. The van der Waals surface area contributed by atoms with Gasteiger partial charge in [0.1, 0.15) is 6.54 Å². The molecule has 0 heterocycles. The predicted octanol–water partition coefficient (Wildman–Crippen LogP) is 4.82. The van der Waals surface area contributed by atoms with Gasteiger partial charge in [0.25, 0.3) is 10.0 Å². The first-order chi connectivity index (χ1) is 16.3. The van der Waals surface area contributed by atoms with Crippen LogP contribution < -0.4 is 14.3 Å². The van der Waals surface area contributed by atoms with Crippen molar-refractivity contribution in [3.63, 3.8) is 0 Å². The van der Waals surface area contributed by atoms with Crippen molar-refractivity contribution in [2.75, 3.05) is 27.1 Å². The van der Waals surface area contributed by atoms with Crippen molar-refractivity contribution in [3.8, 4) is 0 Å². The molecule has 0 saturated carbocycles. The molecule has 8 nitrogen and oxygen atoms in total. The van der Waals surface area contributed by atoms with E-state index in [1.54, 1.807) is 13.0 Å². The molecule has 35 heavy (non-hydrogen) atoms. The first-order valence-electron chi connectivity index (χ1n) is 10.2. The number of aryl methyl sites for hydroxylation is 2. The molecule has 0 radical (unpaired) electrons. The number of carbonyl (C=O) groups excluding carboxylic acids is 1. The highest BCUT2D eigenvalue weighted by Gasteiger charge is 2.24. The van der Waals surface area contributed by atoms with Crippen molar-refractivity contribution < 1.29 is 21.6 Å². The third-order valence-electron chi connectivity index (χ3n) is 4.97. The van der Waals surface area contributed by atoms with Crippen LogP contribution in [0.3, 0.4) is 0 Å². The number of hydrogen-bond acceptors (Lipinski definition) is 5. The standard InChI is InChI=1S/C23H23Cl2N3O5S2/c1-15-7-8-16(2)20(13-15)27-35(32,33)18-11-9-17(10-12-18)26-22(29)14-28(34(3,30)31)21-6-4-5-19(24)23(21)25/h4-13,27H,14H2,1-3H3,(H,26,29). The van der Waals surface area contributed by atoms with Crippen molar-refractivity contribution in [2.24, 2.45) is 0 Å². The number of hydrogen-bond donors (Lipinski definition) is 2. The molecule has 3 aromatic carbocycles. The highest BCUT2D eigenvalue weighted by molar-refractivity contribution is 7.92. The maximum Gasteiger partial charge on any atom is 0.261 e. The number of carbonyl (C=O) groups is 1. The third-order valence-corrected chi connectivity index (χ3v) is 8.29. The second kappa shape index (κ2) is 10.4. The number of halogens is 2. The van der Waals surface area contributed by atoms with Crippen LogP contribution in [-0.4, -0.2) is 35.5 Å². The number of nitrogens with zero attached hydrogens (tertiary/aromatic N) is 1. The Kier molecular flexibility index (Phi) is 8.00. The Bertz CT molecular complexity index is 1480. The summed E-state index contributed by atoms with van der Waals surface area (Å²) in [4.78, 5) is 12.6. The Morgan fingerprint density at radius 2 is 1.60 bits per heavy atom. The minimum atomic E-state index is -3.87. The molecule has 0 aliphatic carbocycles. The lowest BCUT2D eigenvalue weighted by Gasteiger charge is -2.23. The van der Waals surface area contributed by atoms with E-state index < -0.39 is 32.5 Å². The van der Waals surface area contributed by atoms with E-state index in [-0.39, 0.29) is 26.3 Å². The molecule has 0 aromatic heterocycles. The molecular formula is C23H23Cl2N3O5S2. The number of amides is 1. The summed E-state index contributed by atoms with van der Waals surface area (Å²) in [5.41, 5.74) is 2.51. The fraction of sp³-hybridized carbons (Fsp3) is 0.174. The second-order valence-electron chi connectivity index (χ2n) is 7.84. The monoisotopic (exact) mass is 555 g/mol. The topological polar surface area (TPSA) is 113 Å². The zero-order valence-electron chi connectivity index (χ0n) is 19.0. The molecule has 0 saturated heterocycles. The molecule has 2 N–H and O–H groups in total. The van der Waals surface area contributed by atoms with Gasteiger partial charge in [0.05, 0.1) is 32.6 Å². The molecule has 0 unspecified atom stereocenters. The van der Waals surface area contributed by atoms with Gasteiger partial charge >= 0.3 is 0 Å². The Morgan fingerprint density at radius 3 is 2.23 bits per heavy atom. The summed E-state index contributed by atoms with van der Waals surface area (Å²) in [6.45, 7) is 3.10. The van der Waals surface area contributed by atoms with Gasteiger partial charge in [-0.05, 0) is 67.4 Å². The van der Waals surface area contributed by atoms with Gasteiger partial charge in [-0.1, -0.05) is 41.4 Å². The fourth-order valence-corrected chi connectivity index (χ4v) is 5.59. The summed E-state index contributed by atoms with van der Waals surface area (Å²) >= 11 is 12.1. The van der Waals surface area contributed by atoms with Gasteiger partial charge in [0.15, 0.2) is 0 Å². The number of anilines is 3. The van der Waals surface area contributed by atoms with Crippen LogP contribution in [0.4, 0.5) is 17.1 Å². The van der Waals surface area contributed by atoms with Crippen LogP contribution in [0.5, 0.6) is 0 Å². The molecule has 0 atom stereocenters. The molecular weight excluding hydrogens is 533 g/mol. The zero-order valence-corrected chi connectivity index (χ0v) is 22.2. The van der Waals surface area contributed by atoms with Crippen LogP contribution in [0.25, 0.3) is 0 Å². The summed E-state index contributed by atoms with van der Waals surface area (Å²) in [5, 5.41) is 2.70. The van der Waals surface area contributed by atoms with Gasteiger partial charge < -0.3 is 5.32 Å². The maximum atomic E-state index is 12.8. The van der Waals surface area contributed by atoms with Gasteiger partial charge in [0.2, 0.25) is 15.9 Å². The molecule has 1 amide bonds.